The largest absolute Gasteiger partial charge is 0.416 e. The van der Waals surface area contributed by atoms with Crippen LogP contribution in [0.15, 0.2) is 48.5 Å². The zero-order valence-electron chi connectivity index (χ0n) is 13.8. The van der Waals surface area contributed by atoms with E-state index in [9.17, 15) is 13.2 Å². The molecule has 2 aromatic carbocycles. The van der Waals surface area contributed by atoms with Gasteiger partial charge in [-0.15, -0.1) is 0 Å². The highest BCUT2D eigenvalue weighted by atomic mass is 19.4. The van der Waals surface area contributed by atoms with Gasteiger partial charge in [0, 0.05) is 25.3 Å². The van der Waals surface area contributed by atoms with Crippen molar-refractivity contribution in [1.82, 2.24) is 4.90 Å². The van der Waals surface area contributed by atoms with Gasteiger partial charge in [-0.1, -0.05) is 30.3 Å². The highest BCUT2D eigenvalue weighted by molar-refractivity contribution is 5.45. The number of anilines is 1. The van der Waals surface area contributed by atoms with Crippen molar-refractivity contribution in [3.05, 3.63) is 65.2 Å². The summed E-state index contributed by atoms with van der Waals surface area (Å²) in [6.45, 7) is 2.51. The predicted molar refractivity (Wildman–Crippen MR) is 90.8 cm³/mol. The molecule has 0 saturated carbocycles. The zero-order valence-corrected chi connectivity index (χ0v) is 13.8. The van der Waals surface area contributed by atoms with Crippen molar-refractivity contribution in [2.24, 2.45) is 0 Å². The maximum atomic E-state index is 12.9. The van der Waals surface area contributed by atoms with E-state index < -0.39 is 11.7 Å². The molecule has 1 heterocycles. The summed E-state index contributed by atoms with van der Waals surface area (Å²) in [5.74, 6) is 0. The minimum absolute atomic E-state index is 0.100. The molecule has 6 heteroatoms. The summed E-state index contributed by atoms with van der Waals surface area (Å²) in [6.07, 6.45) is -3.40. The number of likely N-dealkylation sites (tertiary alicyclic amines) is 1. The average Bonchev–Trinajstić information content (AvgIpc) is 3.00. The van der Waals surface area contributed by atoms with E-state index in [1.807, 2.05) is 30.3 Å². The zero-order chi connectivity index (χ0) is 17.9. The van der Waals surface area contributed by atoms with Gasteiger partial charge in [-0.25, -0.2) is 0 Å². The smallest absolute Gasteiger partial charge is 0.399 e. The first kappa shape index (κ1) is 17.8. The Bertz CT molecular complexity index is 704. The number of halogens is 3. The van der Waals surface area contributed by atoms with Crippen LogP contribution >= 0.6 is 0 Å². The van der Waals surface area contributed by atoms with Crippen molar-refractivity contribution >= 4 is 5.69 Å². The maximum absolute atomic E-state index is 12.9. The molecule has 0 aromatic heterocycles. The topological polar surface area (TPSA) is 38.5 Å². The fourth-order valence-electron chi connectivity index (χ4n) is 3.10. The quantitative estimate of drug-likeness (QED) is 0.826. The molecule has 1 aliphatic heterocycles. The molecule has 1 aliphatic rings. The van der Waals surface area contributed by atoms with E-state index in [1.54, 1.807) is 6.07 Å². The number of ether oxygens (including phenoxy) is 1. The number of benzene rings is 2. The molecule has 1 atom stereocenters. The monoisotopic (exact) mass is 350 g/mol. The minimum Gasteiger partial charge on any atom is -0.399 e. The second-order valence-corrected chi connectivity index (χ2v) is 6.40. The predicted octanol–water partition coefficient (Wildman–Crippen LogP) is 4.08. The number of nitrogens with two attached hydrogens (primary N) is 1. The molecule has 0 bridgehead atoms. The van der Waals surface area contributed by atoms with Gasteiger partial charge in [-0.3, -0.25) is 4.90 Å². The molecule has 3 rings (SSSR count). The molecule has 3 nitrogen and oxygen atoms in total. The summed E-state index contributed by atoms with van der Waals surface area (Å²) in [6, 6.07) is 13.7. The lowest BCUT2D eigenvalue weighted by atomic mass is 10.1. The molecule has 2 aromatic rings. The van der Waals surface area contributed by atoms with Gasteiger partial charge in [0.1, 0.15) is 0 Å². The van der Waals surface area contributed by atoms with E-state index in [0.29, 0.717) is 25.3 Å². The summed E-state index contributed by atoms with van der Waals surface area (Å²) >= 11 is 0. The van der Waals surface area contributed by atoms with Crippen LogP contribution in [-0.2, 0) is 24.1 Å². The third-order valence-electron chi connectivity index (χ3n) is 4.31. The first-order valence-corrected chi connectivity index (χ1v) is 8.25. The molecule has 0 radical (unpaired) electrons. The van der Waals surface area contributed by atoms with E-state index in [-0.39, 0.29) is 11.8 Å². The van der Waals surface area contributed by atoms with Gasteiger partial charge < -0.3 is 10.5 Å². The molecular weight excluding hydrogens is 329 g/mol. The molecule has 0 aliphatic carbocycles. The van der Waals surface area contributed by atoms with E-state index in [1.165, 1.54) is 6.07 Å². The molecular formula is C19H21F3N2O. The van der Waals surface area contributed by atoms with Crippen LogP contribution in [0.2, 0.25) is 0 Å². The maximum Gasteiger partial charge on any atom is 0.416 e. The SMILES string of the molecule is Nc1cc(CN2CC[C@@H](OCc3ccccc3)C2)cc(C(F)(F)F)c1. The number of nitrogens with zero attached hydrogens (tertiary/aromatic N) is 1. The highest BCUT2D eigenvalue weighted by Gasteiger charge is 2.31. The lowest BCUT2D eigenvalue weighted by Gasteiger charge is -2.18. The normalized spacial score (nSPS) is 18.6. The summed E-state index contributed by atoms with van der Waals surface area (Å²) in [5, 5.41) is 0. The fraction of sp³-hybridized carbons (Fsp3) is 0.368. The summed E-state index contributed by atoms with van der Waals surface area (Å²) in [7, 11) is 0. The Balaban J connectivity index is 1.55. The van der Waals surface area contributed by atoms with Crippen LogP contribution < -0.4 is 5.73 Å². The Kier molecular flexibility index (Phi) is 5.30. The van der Waals surface area contributed by atoms with Crippen LogP contribution in [0.4, 0.5) is 18.9 Å². The third-order valence-corrected chi connectivity index (χ3v) is 4.31. The average molecular weight is 350 g/mol. The molecule has 1 saturated heterocycles. The second kappa shape index (κ2) is 7.45. The van der Waals surface area contributed by atoms with E-state index >= 15 is 0 Å². The molecule has 1 fully saturated rings. The first-order valence-electron chi connectivity index (χ1n) is 8.25. The molecule has 134 valence electrons. The Morgan fingerprint density at radius 1 is 1.08 bits per heavy atom. The summed E-state index contributed by atoms with van der Waals surface area (Å²) in [5.41, 5.74) is 6.77. The number of nitrogen functional groups attached to an aromatic ring is 1. The van der Waals surface area contributed by atoms with Crippen LogP contribution in [-0.4, -0.2) is 24.1 Å². The summed E-state index contributed by atoms with van der Waals surface area (Å²) < 4.78 is 44.6. The molecule has 25 heavy (non-hydrogen) atoms. The lowest BCUT2D eigenvalue weighted by Crippen LogP contribution is -2.23. The van der Waals surface area contributed by atoms with Crippen molar-refractivity contribution in [2.75, 3.05) is 18.8 Å². The Morgan fingerprint density at radius 3 is 2.56 bits per heavy atom. The van der Waals surface area contributed by atoms with Gasteiger partial charge in [-0.2, -0.15) is 13.2 Å². The van der Waals surface area contributed by atoms with Gasteiger partial charge in [0.2, 0.25) is 0 Å². The van der Waals surface area contributed by atoms with Crippen molar-refractivity contribution in [2.45, 2.75) is 31.9 Å². The number of alkyl halides is 3. The van der Waals surface area contributed by atoms with E-state index in [2.05, 4.69) is 4.90 Å². The lowest BCUT2D eigenvalue weighted by molar-refractivity contribution is -0.137. The van der Waals surface area contributed by atoms with Gasteiger partial charge in [-0.05, 0) is 35.7 Å². The fourth-order valence-corrected chi connectivity index (χ4v) is 3.10. The Labute approximate surface area is 145 Å². The van der Waals surface area contributed by atoms with Crippen molar-refractivity contribution in [3.8, 4) is 0 Å². The van der Waals surface area contributed by atoms with Gasteiger partial charge in [0.25, 0.3) is 0 Å². The van der Waals surface area contributed by atoms with Crippen molar-refractivity contribution in [3.63, 3.8) is 0 Å². The van der Waals surface area contributed by atoms with E-state index in [4.69, 9.17) is 10.5 Å². The van der Waals surface area contributed by atoms with Crippen LogP contribution in [0.25, 0.3) is 0 Å². The van der Waals surface area contributed by atoms with Gasteiger partial charge >= 0.3 is 6.18 Å². The van der Waals surface area contributed by atoms with Gasteiger partial charge in [0.15, 0.2) is 0 Å². The standard InChI is InChI=1S/C19H21F3N2O/c20-19(21,22)16-8-15(9-17(23)10-16)11-24-7-6-18(12-24)25-13-14-4-2-1-3-5-14/h1-5,8-10,18H,6-7,11-13,23H2/t18-/m1/s1. The molecule has 2 N–H and O–H groups in total. The molecule has 0 spiro atoms. The number of hydrogen-bond donors (Lipinski definition) is 1. The second-order valence-electron chi connectivity index (χ2n) is 6.40. The van der Waals surface area contributed by atoms with Crippen molar-refractivity contribution < 1.29 is 17.9 Å². The van der Waals surface area contributed by atoms with E-state index in [0.717, 1.165) is 24.6 Å². The highest BCUT2D eigenvalue weighted by Crippen LogP contribution is 2.32. The van der Waals surface area contributed by atoms with Crippen LogP contribution in [0.1, 0.15) is 23.1 Å². The number of rotatable bonds is 5. The van der Waals surface area contributed by atoms with Crippen LogP contribution in [0.5, 0.6) is 0 Å². The van der Waals surface area contributed by atoms with Crippen LogP contribution in [0.3, 0.4) is 0 Å². The minimum atomic E-state index is -4.38. The first-order chi connectivity index (χ1) is 11.9. The Morgan fingerprint density at radius 2 is 1.84 bits per heavy atom. The number of hydrogen-bond acceptors (Lipinski definition) is 3. The van der Waals surface area contributed by atoms with Gasteiger partial charge in [0.05, 0.1) is 18.3 Å². The van der Waals surface area contributed by atoms with Crippen molar-refractivity contribution in [1.29, 1.82) is 0 Å². The molecule has 0 unspecified atom stereocenters. The molecule has 0 amide bonds. The Hall–Kier alpha value is -2.05. The summed E-state index contributed by atoms with van der Waals surface area (Å²) in [4.78, 5) is 2.10. The third kappa shape index (κ3) is 4.96. The van der Waals surface area contributed by atoms with Crippen LogP contribution in [0, 0.1) is 0 Å².